The second-order valence-electron chi connectivity index (χ2n) is 5.22. The van der Waals surface area contributed by atoms with Gasteiger partial charge in [-0.1, -0.05) is 35.0 Å². The van der Waals surface area contributed by atoms with Gasteiger partial charge in [-0.3, -0.25) is 14.9 Å². The summed E-state index contributed by atoms with van der Waals surface area (Å²) in [5, 5.41) is 8.47. The first-order valence-electron chi connectivity index (χ1n) is 7.76. The third kappa shape index (κ3) is 5.65. The van der Waals surface area contributed by atoms with Crippen molar-refractivity contribution < 1.29 is 9.59 Å². The summed E-state index contributed by atoms with van der Waals surface area (Å²) in [6.45, 7) is 2.58. The molecule has 0 aliphatic carbocycles. The van der Waals surface area contributed by atoms with Gasteiger partial charge in [0.15, 0.2) is 5.11 Å². The lowest BCUT2D eigenvalue weighted by molar-refractivity contribution is 0.0952. The van der Waals surface area contributed by atoms with Crippen LogP contribution in [0, 0.1) is 0 Å². The number of carbonyl (C=O) groups excluding carboxylic acids is 2. The minimum Gasteiger partial charge on any atom is -0.352 e. The van der Waals surface area contributed by atoms with Gasteiger partial charge in [0.25, 0.3) is 11.8 Å². The Morgan fingerprint density at radius 2 is 1.72 bits per heavy atom. The van der Waals surface area contributed by atoms with E-state index in [1.54, 1.807) is 48.5 Å². The van der Waals surface area contributed by atoms with Gasteiger partial charge in [0.1, 0.15) is 0 Å². The third-order valence-corrected chi connectivity index (χ3v) is 4.02. The lowest BCUT2D eigenvalue weighted by Gasteiger charge is -2.13. The highest BCUT2D eigenvalue weighted by Crippen LogP contribution is 2.15. The summed E-state index contributed by atoms with van der Waals surface area (Å²) in [7, 11) is 0. The summed E-state index contributed by atoms with van der Waals surface area (Å²) < 4.78 is 0.886. The first-order chi connectivity index (χ1) is 12.0. The molecule has 7 heteroatoms. The Balaban J connectivity index is 2.04. The first-order valence-corrected chi connectivity index (χ1v) is 8.96. The van der Waals surface area contributed by atoms with E-state index in [9.17, 15) is 9.59 Å². The molecule has 2 amide bonds. The molecule has 2 rings (SSSR count). The number of nitrogens with one attached hydrogen (secondary N) is 3. The van der Waals surface area contributed by atoms with Crippen molar-refractivity contribution in [1.29, 1.82) is 0 Å². The highest BCUT2D eigenvalue weighted by molar-refractivity contribution is 9.10. The predicted molar refractivity (Wildman–Crippen MR) is 107 cm³/mol. The van der Waals surface area contributed by atoms with Crippen LogP contribution in [0.25, 0.3) is 0 Å². The Labute approximate surface area is 160 Å². The number of halogens is 1. The van der Waals surface area contributed by atoms with Gasteiger partial charge in [-0.2, -0.15) is 0 Å². The van der Waals surface area contributed by atoms with Crippen molar-refractivity contribution in [3.63, 3.8) is 0 Å². The van der Waals surface area contributed by atoms with Crippen LogP contribution >= 0.6 is 28.1 Å². The Morgan fingerprint density at radius 3 is 2.40 bits per heavy atom. The van der Waals surface area contributed by atoms with Crippen LogP contribution in [-0.2, 0) is 0 Å². The summed E-state index contributed by atoms with van der Waals surface area (Å²) in [6.07, 6.45) is 0.850. The van der Waals surface area contributed by atoms with E-state index < -0.39 is 0 Å². The van der Waals surface area contributed by atoms with Crippen molar-refractivity contribution in [2.24, 2.45) is 0 Å². The number of anilines is 1. The standard InChI is InChI=1S/C18H18BrN3O2S/c1-2-11-20-17(24)14-5-3-4-6-15(14)21-18(25)22-16(23)12-7-9-13(19)10-8-12/h3-10H,2,11H2,1H3,(H,20,24)(H2,21,22,23,25). The number of hydrogen-bond acceptors (Lipinski definition) is 3. The minimum atomic E-state index is -0.321. The Bertz CT molecular complexity index is 778. The maximum atomic E-state index is 12.2. The van der Waals surface area contributed by atoms with Crippen molar-refractivity contribution in [2.75, 3.05) is 11.9 Å². The van der Waals surface area contributed by atoms with Crippen LogP contribution in [0.15, 0.2) is 53.0 Å². The second-order valence-corrected chi connectivity index (χ2v) is 6.54. The second kappa shape index (κ2) is 9.29. The molecule has 130 valence electrons. The lowest BCUT2D eigenvalue weighted by Crippen LogP contribution is -2.35. The fourth-order valence-corrected chi connectivity index (χ4v) is 2.52. The molecule has 0 aliphatic rings. The summed E-state index contributed by atoms with van der Waals surface area (Å²) in [5.41, 5.74) is 1.50. The smallest absolute Gasteiger partial charge is 0.257 e. The molecule has 0 heterocycles. The Hall–Kier alpha value is -2.25. The van der Waals surface area contributed by atoms with E-state index in [0.717, 1.165) is 10.9 Å². The van der Waals surface area contributed by atoms with Gasteiger partial charge in [0, 0.05) is 16.6 Å². The molecule has 0 spiro atoms. The molecule has 0 atom stereocenters. The van der Waals surface area contributed by atoms with Crippen LogP contribution in [0.1, 0.15) is 34.1 Å². The number of hydrogen-bond donors (Lipinski definition) is 3. The SMILES string of the molecule is CCCNC(=O)c1ccccc1NC(=S)NC(=O)c1ccc(Br)cc1. The molecule has 0 unspecified atom stereocenters. The van der Waals surface area contributed by atoms with Crippen LogP contribution in [0.2, 0.25) is 0 Å². The van der Waals surface area contributed by atoms with Gasteiger partial charge in [0.2, 0.25) is 0 Å². The zero-order chi connectivity index (χ0) is 18.2. The fourth-order valence-electron chi connectivity index (χ4n) is 2.05. The third-order valence-electron chi connectivity index (χ3n) is 3.29. The van der Waals surface area contributed by atoms with E-state index in [1.165, 1.54) is 0 Å². The molecule has 0 aromatic heterocycles. The van der Waals surface area contributed by atoms with Gasteiger partial charge in [0.05, 0.1) is 11.3 Å². The topological polar surface area (TPSA) is 70.2 Å². The molecule has 0 bridgehead atoms. The van der Waals surface area contributed by atoms with Crippen LogP contribution in [0.4, 0.5) is 5.69 Å². The zero-order valence-corrected chi connectivity index (χ0v) is 16.0. The molecule has 5 nitrogen and oxygen atoms in total. The van der Waals surface area contributed by atoms with Crippen molar-refractivity contribution >= 4 is 50.8 Å². The number of benzene rings is 2. The number of rotatable bonds is 5. The van der Waals surface area contributed by atoms with E-state index >= 15 is 0 Å². The lowest BCUT2D eigenvalue weighted by atomic mass is 10.1. The van der Waals surface area contributed by atoms with Gasteiger partial charge >= 0.3 is 0 Å². The van der Waals surface area contributed by atoms with Crippen LogP contribution < -0.4 is 16.0 Å². The van der Waals surface area contributed by atoms with Gasteiger partial charge in [-0.25, -0.2) is 0 Å². The molecular formula is C18H18BrN3O2S. The van der Waals surface area contributed by atoms with Gasteiger partial charge in [-0.05, 0) is 55.0 Å². The van der Waals surface area contributed by atoms with Gasteiger partial charge < -0.3 is 10.6 Å². The van der Waals surface area contributed by atoms with Crippen molar-refractivity contribution in [1.82, 2.24) is 10.6 Å². The van der Waals surface area contributed by atoms with Crippen LogP contribution in [0.5, 0.6) is 0 Å². The quantitative estimate of drug-likeness (QED) is 0.645. The largest absolute Gasteiger partial charge is 0.352 e. The number of para-hydroxylation sites is 1. The van der Waals surface area contributed by atoms with E-state index in [1.807, 2.05) is 6.92 Å². The minimum absolute atomic E-state index is 0.128. The molecule has 0 saturated heterocycles. The Kier molecular flexibility index (Phi) is 7.09. The maximum Gasteiger partial charge on any atom is 0.257 e. The molecule has 0 fully saturated rings. The molecular weight excluding hydrogens is 402 g/mol. The van der Waals surface area contributed by atoms with Crippen LogP contribution in [0.3, 0.4) is 0 Å². The average molecular weight is 420 g/mol. The molecule has 2 aromatic rings. The summed E-state index contributed by atoms with van der Waals surface area (Å²) in [4.78, 5) is 24.4. The highest BCUT2D eigenvalue weighted by atomic mass is 79.9. The maximum absolute atomic E-state index is 12.2. The van der Waals surface area contributed by atoms with E-state index in [-0.39, 0.29) is 16.9 Å². The summed E-state index contributed by atoms with van der Waals surface area (Å²) in [5.74, 6) is -0.509. The average Bonchev–Trinajstić information content (AvgIpc) is 2.60. The summed E-state index contributed by atoms with van der Waals surface area (Å²) in [6, 6.07) is 13.9. The zero-order valence-electron chi connectivity index (χ0n) is 13.6. The highest BCUT2D eigenvalue weighted by Gasteiger charge is 2.13. The van der Waals surface area contributed by atoms with Gasteiger partial charge in [-0.15, -0.1) is 0 Å². The molecule has 2 aromatic carbocycles. The summed E-state index contributed by atoms with van der Waals surface area (Å²) >= 11 is 8.51. The van der Waals surface area contributed by atoms with Crippen molar-refractivity contribution in [3.05, 3.63) is 64.1 Å². The molecule has 0 aliphatic heterocycles. The molecule has 25 heavy (non-hydrogen) atoms. The van der Waals surface area contributed by atoms with E-state index in [2.05, 4.69) is 31.9 Å². The van der Waals surface area contributed by atoms with Crippen molar-refractivity contribution in [3.8, 4) is 0 Å². The molecule has 0 radical (unpaired) electrons. The molecule has 0 saturated carbocycles. The van der Waals surface area contributed by atoms with E-state index in [0.29, 0.717) is 23.4 Å². The van der Waals surface area contributed by atoms with E-state index in [4.69, 9.17) is 12.2 Å². The first kappa shape index (κ1) is 19.1. The number of amides is 2. The number of thiocarbonyl (C=S) groups is 1. The normalized spacial score (nSPS) is 10.0. The number of carbonyl (C=O) groups is 2. The fraction of sp³-hybridized carbons (Fsp3) is 0.167. The predicted octanol–water partition coefficient (Wildman–Crippen LogP) is 3.72. The monoisotopic (exact) mass is 419 g/mol. The molecule has 3 N–H and O–H groups in total. The van der Waals surface area contributed by atoms with Crippen molar-refractivity contribution in [2.45, 2.75) is 13.3 Å². The van der Waals surface area contributed by atoms with Crippen LogP contribution in [-0.4, -0.2) is 23.5 Å². The Morgan fingerprint density at radius 1 is 1.04 bits per heavy atom.